The Morgan fingerprint density at radius 1 is 1.35 bits per heavy atom. The molecule has 0 fully saturated rings. The van der Waals surface area contributed by atoms with Crippen LogP contribution in [-0.2, 0) is 0 Å². The van der Waals surface area contributed by atoms with Gasteiger partial charge in [-0.2, -0.15) is 5.10 Å². The number of nitrogens with zero attached hydrogens (tertiary/aromatic N) is 1. The van der Waals surface area contributed by atoms with Crippen LogP contribution in [0.15, 0.2) is 40.8 Å². The predicted molar refractivity (Wildman–Crippen MR) is 87.2 cm³/mol. The molecule has 0 bridgehead atoms. The zero-order valence-corrected chi connectivity index (χ0v) is 13.1. The van der Waals surface area contributed by atoms with E-state index in [1.807, 2.05) is 6.92 Å². The summed E-state index contributed by atoms with van der Waals surface area (Å²) in [6, 6.07) is 7.62. The minimum atomic E-state index is -0.757. The van der Waals surface area contributed by atoms with Crippen molar-refractivity contribution in [2.75, 3.05) is 6.61 Å². The molecule has 23 heavy (non-hydrogen) atoms. The second-order valence-electron chi connectivity index (χ2n) is 4.24. The van der Waals surface area contributed by atoms with Gasteiger partial charge in [0.25, 0.3) is 0 Å². The Morgan fingerprint density at radius 3 is 2.83 bits per heavy atom. The number of urea groups is 1. The summed E-state index contributed by atoms with van der Waals surface area (Å²) in [5.41, 5.74) is 7.66. The van der Waals surface area contributed by atoms with E-state index in [1.165, 1.54) is 17.6 Å². The van der Waals surface area contributed by atoms with Crippen LogP contribution in [-0.4, -0.2) is 24.8 Å². The molecule has 0 saturated carbocycles. The van der Waals surface area contributed by atoms with Crippen molar-refractivity contribution < 1.29 is 19.1 Å². The number of rotatable bonds is 6. The van der Waals surface area contributed by atoms with Crippen LogP contribution in [0.25, 0.3) is 0 Å². The van der Waals surface area contributed by atoms with Crippen molar-refractivity contribution in [1.29, 1.82) is 0 Å². The van der Waals surface area contributed by atoms with Crippen LogP contribution in [0.5, 0.6) is 11.5 Å². The van der Waals surface area contributed by atoms with E-state index >= 15 is 0 Å². The summed E-state index contributed by atoms with van der Waals surface area (Å²) in [6.07, 6.45) is 1.40. The van der Waals surface area contributed by atoms with Crippen molar-refractivity contribution in [3.8, 4) is 11.5 Å². The fourth-order valence-corrected chi connectivity index (χ4v) is 2.27. The molecule has 1 aromatic carbocycles. The number of benzene rings is 1. The highest BCUT2D eigenvalue weighted by Crippen LogP contribution is 2.29. The van der Waals surface area contributed by atoms with E-state index in [0.717, 1.165) is 0 Å². The van der Waals surface area contributed by atoms with Crippen LogP contribution in [0.3, 0.4) is 0 Å². The average molecular weight is 333 g/mol. The summed E-state index contributed by atoms with van der Waals surface area (Å²) >= 11 is 1.30. The van der Waals surface area contributed by atoms with E-state index in [0.29, 0.717) is 28.5 Å². The van der Waals surface area contributed by atoms with Crippen LogP contribution in [0.4, 0.5) is 4.79 Å². The Bertz CT molecular complexity index is 714. The maximum atomic E-state index is 12.0. The minimum Gasteiger partial charge on any atom is -0.490 e. The van der Waals surface area contributed by atoms with E-state index < -0.39 is 12.0 Å². The summed E-state index contributed by atoms with van der Waals surface area (Å²) in [6.45, 7) is 2.23. The molecule has 0 aliphatic carbocycles. The van der Waals surface area contributed by atoms with E-state index in [-0.39, 0.29) is 0 Å². The smallest absolute Gasteiger partial charge is 0.353 e. The first-order valence-electron chi connectivity index (χ1n) is 6.71. The molecule has 0 unspecified atom stereocenters. The summed E-state index contributed by atoms with van der Waals surface area (Å²) in [5.74, 6) is 0.267. The normalized spacial score (nSPS) is 10.5. The number of hydrogen-bond acceptors (Lipinski definition) is 6. The maximum absolute atomic E-state index is 12.0. The number of carbonyl (C=O) groups excluding carboxylic acids is 2. The van der Waals surface area contributed by atoms with Crippen LogP contribution in [0.2, 0.25) is 0 Å². The first-order chi connectivity index (χ1) is 11.1. The fraction of sp³-hybridized carbons (Fsp3) is 0.133. The number of ether oxygens (including phenoxy) is 2. The predicted octanol–water partition coefficient (Wildman–Crippen LogP) is 2.37. The first kappa shape index (κ1) is 16.5. The summed E-state index contributed by atoms with van der Waals surface area (Å²) in [5, 5.41) is 5.46. The lowest BCUT2D eigenvalue weighted by molar-refractivity contribution is 0.0733. The van der Waals surface area contributed by atoms with Gasteiger partial charge in [-0.3, -0.25) is 0 Å². The molecule has 0 saturated heterocycles. The molecule has 1 heterocycles. The van der Waals surface area contributed by atoms with Gasteiger partial charge in [-0.05, 0) is 42.1 Å². The van der Waals surface area contributed by atoms with Gasteiger partial charge in [0.05, 0.1) is 12.8 Å². The number of hydrazone groups is 1. The van der Waals surface area contributed by atoms with Crippen LogP contribution >= 0.6 is 11.3 Å². The third-order valence-corrected chi connectivity index (χ3v) is 3.43. The van der Waals surface area contributed by atoms with Gasteiger partial charge in [0.1, 0.15) is 4.88 Å². The van der Waals surface area contributed by atoms with Crippen LogP contribution in [0, 0.1) is 0 Å². The van der Waals surface area contributed by atoms with Gasteiger partial charge in [0.15, 0.2) is 11.5 Å². The molecule has 2 amide bonds. The Morgan fingerprint density at radius 2 is 2.17 bits per heavy atom. The quantitative estimate of drug-likeness (QED) is 0.366. The molecule has 2 aromatic rings. The van der Waals surface area contributed by atoms with Gasteiger partial charge < -0.3 is 15.2 Å². The highest BCUT2D eigenvalue weighted by Gasteiger charge is 2.13. The summed E-state index contributed by atoms with van der Waals surface area (Å²) < 4.78 is 10.8. The summed E-state index contributed by atoms with van der Waals surface area (Å²) in [7, 11) is 0. The Hall–Kier alpha value is -2.87. The lowest BCUT2D eigenvalue weighted by Crippen LogP contribution is -2.24. The number of nitrogens with two attached hydrogens (primary N) is 1. The van der Waals surface area contributed by atoms with E-state index in [1.54, 1.807) is 35.7 Å². The van der Waals surface area contributed by atoms with Gasteiger partial charge in [0, 0.05) is 0 Å². The van der Waals surface area contributed by atoms with Crippen molar-refractivity contribution in [3.05, 3.63) is 46.2 Å². The Balaban J connectivity index is 2.17. The van der Waals surface area contributed by atoms with E-state index in [4.69, 9.17) is 15.2 Å². The number of primary amides is 1. The number of esters is 1. The molecule has 0 spiro atoms. The van der Waals surface area contributed by atoms with Crippen molar-refractivity contribution in [1.82, 2.24) is 5.43 Å². The topological polar surface area (TPSA) is 103 Å². The molecule has 120 valence electrons. The highest BCUT2D eigenvalue weighted by atomic mass is 32.1. The number of amides is 2. The molecule has 0 aliphatic rings. The van der Waals surface area contributed by atoms with Crippen molar-refractivity contribution in [2.45, 2.75) is 6.92 Å². The maximum Gasteiger partial charge on any atom is 0.353 e. The number of carbonyl (C=O) groups is 2. The zero-order valence-electron chi connectivity index (χ0n) is 12.3. The third-order valence-electron chi connectivity index (χ3n) is 2.58. The average Bonchev–Trinajstić information content (AvgIpc) is 3.04. The standard InChI is InChI=1S/C15H15N3O4S/c1-2-21-12-8-10(9-17-18-15(16)20)5-6-11(12)22-14(19)13-4-3-7-23-13/h3-9H,2H2,1H3,(H3,16,18,20). The number of nitrogens with one attached hydrogen (secondary N) is 1. The van der Waals surface area contributed by atoms with Gasteiger partial charge in [-0.15, -0.1) is 11.3 Å². The van der Waals surface area contributed by atoms with Crippen molar-refractivity contribution in [2.24, 2.45) is 10.8 Å². The van der Waals surface area contributed by atoms with Crippen LogP contribution < -0.4 is 20.6 Å². The fourth-order valence-electron chi connectivity index (χ4n) is 1.67. The molecule has 1 aromatic heterocycles. The van der Waals surface area contributed by atoms with Crippen molar-refractivity contribution in [3.63, 3.8) is 0 Å². The molecule has 7 nitrogen and oxygen atoms in total. The van der Waals surface area contributed by atoms with Crippen LogP contribution in [0.1, 0.15) is 22.2 Å². The molecule has 2 rings (SSSR count). The van der Waals surface area contributed by atoms with E-state index in [9.17, 15) is 9.59 Å². The van der Waals surface area contributed by atoms with E-state index in [2.05, 4.69) is 10.5 Å². The second kappa shape index (κ2) is 7.95. The zero-order chi connectivity index (χ0) is 16.7. The monoisotopic (exact) mass is 333 g/mol. The largest absolute Gasteiger partial charge is 0.490 e. The molecule has 3 N–H and O–H groups in total. The lowest BCUT2D eigenvalue weighted by Gasteiger charge is -2.10. The lowest BCUT2D eigenvalue weighted by atomic mass is 10.2. The second-order valence-corrected chi connectivity index (χ2v) is 5.19. The first-order valence-corrected chi connectivity index (χ1v) is 7.59. The SMILES string of the molecule is CCOc1cc(C=NNC(N)=O)ccc1OC(=O)c1cccs1. The van der Waals surface area contributed by atoms with Gasteiger partial charge in [0.2, 0.25) is 0 Å². The minimum absolute atomic E-state index is 0.310. The molecule has 0 radical (unpaired) electrons. The Kier molecular flexibility index (Phi) is 5.70. The number of thiophene rings is 1. The van der Waals surface area contributed by atoms with Gasteiger partial charge in [-0.25, -0.2) is 15.0 Å². The van der Waals surface area contributed by atoms with Gasteiger partial charge >= 0.3 is 12.0 Å². The molecule has 8 heteroatoms. The molecule has 0 atom stereocenters. The summed E-state index contributed by atoms with van der Waals surface area (Å²) in [4.78, 5) is 23.1. The molecular formula is C15H15N3O4S. The number of hydrogen-bond donors (Lipinski definition) is 2. The van der Waals surface area contributed by atoms with Crippen molar-refractivity contribution >= 4 is 29.6 Å². The highest BCUT2D eigenvalue weighted by molar-refractivity contribution is 7.12. The Labute approximate surface area is 136 Å². The van der Waals surface area contributed by atoms with Gasteiger partial charge in [-0.1, -0.05) is 6.07 Å². The molecule has 0 aliphatic heterocycles. The third kappa shape index (κ3) is 4.82. The molecular weight excluding hydrogens is 318 g/mol.